The second kappa shape index (κ2) is 7.68. The van der Waals surface area contributed by atoms with E-state index in [1.807, 2.05) is 13.8 Å². The van der Waals surface area contributed by atoms with Crippen molar-refractivity contribution in [2.45, 2.75) is 20.0 Å². The van der Waals surface area contributed by atoms with Crippen LogP contribution in [-0.2, 0) is 14.3 Å². The van der Waals surface area contributed by atoms with Crippen molar-refractivity contribution in [2.24, 2.45) is 0 Å². The Morgan fingerprint density at radius 1 is 1.28 bits per heavy atom. The van der Waals surface area contributed by atoms with E-state index in [0.29, 0.717) is 24.6 Å². The molecule has 3 N–H and O–H groups in total. The first-order valence-electron chi connectivity index (χ1n) is 5.92. The molecule has 0 bridgehead atoms. The molecule has 1 rings (SSSR count). The van der Waals surface area contributed by atoms with Crippen LogP contribution >= 0.6 is 0 Å². The second-order valence-electron chi connectivity index (χ2n) is 4.14. The van der Waals surface area contributed by atoms with Crippen LogP contribution in [0.2, 0.25) is 0 Å². The van der Waals surface area contributed by atoms with Crippen molar-refractivity contribution in [2.75, 3.05) is 30.9 Å². The molecule has 0 unspecified atom stereocenters. The zero-order valence-electron chi connectivity index (χ0n) is 10.8. The minimum atomic E-state index is -0.190. The van der Waals surface area contributed by atoms with E-state index in [4.69, 9.17) is 15.2 Å². The third-order valence-electron chi connectivity index (χ3n) is 2.11. The number of amides is 1. The summed E-state index contributed by atoms with van der Waals surface area (Å²) in [5, 5.41) is 2.71. The highest BCUT2D eigenvalue weighted by molar-refractivity contribution is 5.91. The molecule has 0 spiro atoms. The Labute approximate surface area is 107 Å². The molecule has 0 saturated heterocycles. The Balaban J connectivity index is 2.16. The summed E-state index contributed by atoms with van der Waals surface area (Å²) in [7, 11) is 0. The summed E-state index contributed by atoms with van der Waals surface area (Å²) in [6.45, 7) is 4.83. The Morgan fingerprint density at radius 2 is 1.94 bits per heavy atom. The molecule has 0 atom stereocenters. The van der Waals surface area contributed by atoms with Crippen LogP contribution in [0.25, 0.3) is 0 Å². The highest BCUT2D eigenvalue weighted by atomic mass is 16.5. The van der Waals surface area contributed by atoms with Gasteiger partial charge in [0.05, 0.1) is 19.3 Å². The van der Waals surface area contributed by atoms with Gasteiger partial charge in [0.1, 0.15) is 6.61 Å². The molecule has 0 fully saturated rings. The molecule has 1 aromatic rings. The Hall–Kier alpha value is -1.59. The Bertz CT molecular complexity index is 363. The van der Waals surface area contributed by atoms with Crippen LogP contribution in [0.1, 0.15) is 13.8 Å². The Morgan fingerprint density at radius 3 is 2.56 bits per heavy atom. The summed E-state index contributed by atoms with van der Waals surface area (Å²) < 4.78 is 10.5. The van der Waals surface area contributed by atoms with Crippen molar-refractivity contribution in [3.05, 3.63) is 24.3 Å². The molecule has 1 aromatic carbocycles. The molecule has 0 aromatic heterocycles. The van der Waals surface area contributed by atoms with Gasteiger partial charge < -0.3 is 20.5 Å². The summed E-state index contributed by atoms with van der Waals surface area (Å²) >= 11 is 0. The topological polar surface area (TPSA) is 73.6 Å². The molecule has 5 heteroatoms. The maximum atomic E-state index is 11.5. The van der Waals surface area contributed by atoms with Gasteiger partial charge in [-0.2, -0.15) is 0 Å². The van der Waals surface area contributed by atoms with Gasteiger partial charge in [-0.3, -0.25) is 4.79 Å². The summed E-state index contributed by atoms with van der Waals surface area (Å²) in [5.74, 6) is -0.190. The zero-order valence-corrected chi connectivity index (χ0v) is 10.8. The first kappa shape index (κ1) is 14.5. The summed E-state index contributed by atoms with van der Waals surface area (Å²) in [4.78, 5) is 11.5. The minimum absolute atomic E-state index is 0.0197. The quantitative estimate of drug-likeness (QED) is 0.571. The fourth-order valence-corrected chi connectivity index (χ4v) is 1.27. The van der Waals surface area contributed by atoms with E-state index in [9.17, 15) is 4.79 Å². The van der Waals surface area contributed by atoms with Crippen LogP contribution < -0.4 is 11.1 Å². The van der Waals surface area contributed by atoms with E-state index in [1.54, 1.807) is 24.3 Å². The predicted octanol–water partition coefficient (Wildman–Crippen LogP) is 1.65. The molecule has 1 amide bonds. The fourth-order valence-electron chi connectivity index (χ4n) is 1.27. The van der Waals surface area contributed by atoms with Gasteiger partial charge in [0.25, 0.3) is 0 Å². The number of nitrogens with two attached hydrogens (primary N) is 1. The highest BCUT2D eigenvalue weighted by Crippen LogP contribution is 2.09. The molecule has 0 heterocycles. The van der Waals surface area contributed by atoms with Crippen LogP contribution in [0.15, 0.2) is 24.3 Å². The minimum Gasteiger partial charge on any atom is -0.399 e. The maximum Gasteiger partial charge on any atom is 0.250 e. The normalized spacial score (nSPS) is 10.6. The highest BCUT2D eigenvalue weighted by Gasteiger charge is 2.02. The molecule has 18 heavy (non-hydrogen) atoms. The average Bonchev–Trinajstić information content (AvgIpc) is 2.31. The number of carbonyl (C=O) groups excluding carboxylic acids is 1. The number of rotatable bonds is 7. The lowest BCUT2D eigenvalue weighted by Crippen LogP contribution is -2.20. The van der Waals surface area contributed by atoms with Gasteiger partial charge in [0.15, 0.2) is 0 Å². The van der Waals surface area contributed by atoms with E-state index < -0.39 is 0 Å². The average molecular weight is 252 g/mol. The summed E-state index contributed by atoms with van der Waals surface area (Å²) in [6, 6.07) is 6.95. The molecule has 0 aliphatic rings. The second-order valence-corrected chi connectivity index (χ2v) is 4.14. The molecular weight excluding hydrogens is 232 g/mol. The van der Waals surface area contributed by atoms with Crippen molar-refractivity contribution >= 4 is 17.3 Å². The molecule has 0 saturated carbocycles. The van der Waals surface area contributed by atoms with Gasteiger partial charge in [0, 0.05) is 11.4 Å². The maximum absolute atomic E-state index is 11.5. The van der Waals surface area contributed by atoms with Gasteiger partial charge in [-0.25, -0.2) is 0 Å². The van der Waals surface area contributed by atoms with Gasteiger partial charge in [-0.05, 0) is 38.1 Å². The molecule has 0 aliphatic heterocycles. The van der Waals surface area contributed by atoms with Crippen LogP contribution in [-0.4, -0.2) is 31.8 Å². The van der Waals surface area contributed by atoms with Crippen molar-refractivity contribution < 1.29 is 14.3 Å². The van der Waals surface area contributed by atoms with E-state index >= 15 is 0 Å². The van der Waals surface area contributed by atoms with Crippen molar-refractivity contribution in [3.8, 4) is 0 Å². The summed E-state index contributed by atoms with van der Waals surface area (Å²) in [5.41, 5.74) is 6.91. The zero-order chi connectivity index (χ0) is 13.4. The SMILES string of the molecule is CC(C)OCCOCC(=O)Nc1ccc(N)cc1. The van der Waals surface area contributed by atoms with Crippen molar-refractivity contribution in [1.29, 1.82) is 0 Å². The van der Waals surface area contributed by atoms with Gasteiger partial charge in [-0.1, -0.05) is 0 Å². The van der Waals surface area contributed by atoms with Gasteiger partial charge >= 0.3 is 0 Å². The number of nitrogens with one attached hydrogen (secondary N) is 1. The number of benzene rings is 1. The van der Waals surface area contributed by atoms with Gasteiger partial charge in [0.2, 0.25) is 5.91 Å². The van der Waals surface area contributed by atoms with Crippen molar-refractivity contribution in [1.82, 2.24) is 0 Å². The third kappa shape index (κ3) is 6.22. The summed E-state index contributed by atoms with van der Waals surface area (Å²) in [6.07, 6.45) is 0.178. The molecule has 0 aliphatic carbocycles. The number of hydrogen-bond acceptors (Lipinski definition) is 4. The van der Waals surface area contributed by atoms with Crippen LogP contribution in [0.5, 0.6) is 0 Å². The lowest BCUT2D eigenvalue weighted by Gasteiger charge is -2.08. The number of anilines is 2. The monoisotopic (exact) mass is 252 g/mol. The molecule has 0 radical (unpaired) electrons. The third-order valence-corrected chi connectivity index (χ3v) is 2.11. The standard InChI is InChI=1S/C13H20N2O3/c1-10(2)18-8-7-17-9-13(16)15-12-5-3-11(14)4-6-12/h3-6,10H,7-9,14H2,1-2H3,(H,15,16). The van der Waals surface area contributed by atoms with Crippen LogP contribution in [0.4, 0.5) is 11.4 Å². The van der Waals surface area contributed by atoms with E-state index in [0.717, 1.165) is 0 Å². The fraction of sp³-hybridized carbons (Fsp3) is 0.462. The van der Waals surface area contributed by atoms with Crippen LogP contribution in [0.3, 0.4) is 0 Å². The Kier molecular flexibility index (Phi) is 6.18. The van der Waals surface area contributed by atoms with E-state index in [-0.39, 0.29) is 18.6 Å². The predicted molar refractivity (Wildman–Crippen MR) is 71.4 cm³/mol. The van der Waals surface area contributed by atoms with Crippen molar-refractivity contribution in [3.63, 3.8) is 0 Å². The smallest absolute Gasteiger partial charge is 0.250 e. The first-order chi connectivity index (χ1) is 8.58. The molecule has 100 valence electrons. The lowest BCUT2D eigenvalue weighted by atomic mass is 10.3. The largest absolute Gasteiger partial charge is 0.399 e. The number of carbonyl (C=O) groups is 1. The van der Waals surface area contributed by atoms with Gasteiger partial charge in [-0.15, -0.1) is 0 Å². The van der Waals surface area contributed by atoms with E-state index in [2.05, 4.69) is 5.32 Å². The van der Waals surface area contributed by atoms with E-state index in [1.165, 1.54) is 0 Å². The molecule has 5 nitrogen and oxygen atoms in total. The first-order valence-corrected chi connectivity index (χ1v) is 5.92. The van der Waals surface area contributed by atoms with Crippen LogP contribution in [0, 0.1) is 0 Å². The lowest BCUT2D eigenvalue weighted by molar-refractivity contribution is -0.121. The number of nitrogen functional groups attached to an aromatic ring is 1. The molecular formula is C13H20N2O3. The number of hydrogen-bond donors (Lipinski definition) is 2. The number of ether oxygens (including phenoxy) is 2.